The fourth-order valence-electron chi connectivity index (χ4n) is 4.89. The molecule has 1 unspecified atom stereocenters. The Morgan fingerprint density at radius 3 is 2.41 bits per heavy atom. The Hall–Kier alpha value is -4.30. The lowest BCUT2D eigenvalue weighted by molar-refractivity contribution is -0.384. The van der Waals surface area contributed by atoms with Crippen LogP contribution in [0.2, 0.25) is 0 Å². The third-order valence-electron chi connectivity index (χ3n) is 6.78. The Labute approximate surface area is 214 Å². The molecule has 0 amide bonds. The van der Waals surface area contributed by atoms with Gasteiger partial charge in [0.1, 0.15) is 5.69 Å². The first-order chi connectivity index (χ1) is 18.1. The lowest BCUT2D eigenvalue weighted by atomic mass is 9.96. The van der Waals surface area contributed by atoms with Crippen molar-refractivity contribution in [3.8, 4) is 11.8 Å². The van der Waals surface area contributed by atoms with Crippen molar-refractivity contribution >= 4 is 23.1 Å². The monoisotopic (exact) mass is 501 g/mol. The van der Waals surface area contributed by atoms with E-state index < -0.39 is 16.6 Å². The lowest BCUT2D eigenvalue weighted by Crippen LogP contribution is -2.38. The van der Waals surface area contributed by atoms with E-state index in [1.165, 1.54) is 6.07 Å². The number of piperidine rings is 1. The van der Waals surface area contributed by atoms with Crippen LogP contribution in [0.3, 0.4) is 0 Å². The second kappa shape index (κ2) is 10.8. The highest BCUT2D eigenvalue weighted by molar-refractivity contribution is 6.03. The molecule has 0 saturated carbocycles. The van der Waals surface area contributed by atoms with E-state index in [-0.39, 0.29) is 17.1 Å². The number of anilines is 2. The molecule has 0 aliphatic carbocycles. The van der Waals surface area contributed by atoms with Crippen LogP contribution in [0.4, 0.5) is 17.3 Å². The number of nitriles is 1. The number of carbonyl (C=O) groups is 1. The number of hydrogen-bond acceptors (Lipinski definition) is 9. The summed E-state index contributed by atoms with van der Waals surface area (Å²) >= 11 is 0. The van der Waals surface area contributed by atoms with Crippen molar-refractivity contribution in [3.05, 3.63) is 70.0 Å². The normalized spacial score (nSPS) is 16.7. The number of nitro benzene ring substituents is 1. The van der Waals surface area contributed by atoms with Crippen LogP contribution in [0.5, 0.6) is 0 Å². The van der Waals surface area contributed by atoms with Gasteiger partial charge in [0.15, 0.2) is 17.5 Å². The molecule has 3 aromatic rings. The largest absolute Gasteiger partial charge is 0.378 e. The third-order valence-corrected chi connectivity index (χ3v) is 6.78. The summed E-state index contributed by atoms with van der Waals surface area (Å²) in [6.07, 6.45) is 3.03. The molecule has 2 fully saturated rings. The van der Waals surface area contributed by atoms with Crippen molar-refractivity contribution in [3.63, 3.8) is 0 Å². The minimum Gasteiger partial charge on any atom is -0.378 e. The molecule has 2 aliphatic heterocycles. The molecule has 190 valence electrons. The van der Waals surface area contributed by atoms with Gasteiger partial charge in [0.25, 0.3) is 5.69 Å². The smallest absolute Gasteiger partial charge is 0.293 e. The Kier molecular flexibility index (Phi) is 7.09. The van der Waals surface area contributed by atoms with Gasteiger partial charge in [-0.1, -0.05) is 18.2 Å². The first kappa shape index (κ1) is 24.4. The molecule has 3 heterocycles. The van der Waals surface area contributed by atoms with Crippen molar-refractivity contribution in [2.75, 3.05) is 49.2 Å². The summed E-state index contributed by atoms with van der Waals surface area (Å²) in [4.78, 5) is 29.1. The predicted molar refractivity (Wildman–Crippen MR) is 136 cm³/mol. The van der Waals surface area contributed by atoms with Gasteiger partial charge >= 0.3 is 0 Å². The number of morpholine rings is 1. The standard InChI is InChI=1S/C26H27N7O4/c27-18-21(24(34)19-9-10-22(23(17-19)33(35)36)30-11-5-2-6-12-30)25-28-29-26(31-13-15-37-16-14-31)32(25)20-7-3-1-4-8-20/h1,3-4,7-10,17,21H,2,5-6,11-16H2. The number of Topliss-reactive ketones (excluding diaryl/α,β-unsaturated/α-hetero) is 1. The molecule has 2 saturated heterocycles. The molecule has 1 aromatic heterocycles. The zero-order valence-corrected chi connectivity index (χ0v) is 20.3. The van der Waals surface area contributed by atoms with Crippen molar-refractivity contribution in [1.82, 2.24) is 14.8 Å². The van der Waals surface area contributed by atoms with Crippen molar-refractivity contribution in [1.29, 1.82) is 5.26 Å². The first-order valence-electron chi connectivity index (χ1n) is 12.4. The van der Waals surface area contributed by atoms with E-state index in [1.54, 1.807) is 16.7 Å². The minimum atomic E-state index is -1.30. The summed E-state index contributed by atoms with van der Waals surface area (Å²) in [5.41, 5.74) is 1.16. The molecular formula is C26H27N7O4. The quantitative estimate of drug-likeness (QED) is 0.271. The zero-order chi connectivity index (χ0) is 25.8. The van der Waals surface area contributed by atoms with Crippen LogP contribution in [0.1, 0.15) is 41.4 Å². The second-order valence-corrected chi connectivity index (χ2v) is 9.06. The number of benzene rings is 2. The van der Waals surface area contributed by atoms with E-state index in [2.05, 4.69) is 16.3 Å². The molecule has 0 radical (unpaired) electrons. The molecule has 5 rings (SSSR count). The van der Waals surface area contributed by atoms with Gasteiger partial charge in [0, 0.05) is 37.8 Å². The highest BCUT2D eigenvalue weighted by Crippen LogP contribution is 2.34. The molecule has 11 heteroatoms. The third kappa shape index (κ3) is 4.88. The van der Waals surface area contributed by atoms with Crippen LogP contribution in [-0.2, 0) is 4.74 Å². The maximum Gasteiger partial charge on any atom is 0.293 e. The van der Waals surface area contributed by atoms with Gasteiger partial charge in [-0.2, -0.15) is 5.26 Å². The minimum absolute atomic E-state index is 0.0922. The van der Waals surface area contributed by atoms with Crippen molar-refractivity contribution < 1.29 is 14.5 Å². The van der Waals surface area contributed by atoms with Gasteiger partial charge in [0.2, 0.25) is 5.95 Å². The molecular weight excluding hydrogens is 474 g/mol. The number of aromatic nitrogens is 3. The zero-order valence-electron chi connectivity index (χ0n) is 20.3. The topological polar surface area (TPSA) is 130 Å². The number of para-hydroxylation sites is 1. The van der Waals surface area contributed by atoms with E-state index in [9.17, 15) is 20.2 Å². The number of ketones is 1. The molecule has 1 atom stereocenters. The van der Waals surface area contributed by atoms with E-state index in [0.29, 0.717) is 43.6 Å². The summed E-state index contributed by atoms with van der Waals surface area (Å²) in [5, 5.41) is 30.7. The number of carbonyl (C=O) groups excluding carboxylic acids is 1. The van der Waals surface area contributed by atoms with Crippen LogP contribution in [0.15, 0.2) is 48.5 Å². The van der Waals surface area contributed by atoms with E-state index in [1.807, 2.05) is 40.1 Å². The average Bonchev–Trinajstić information content (AvgIpc) is 3.39. The first-order valence-corrected chi connectivity index (χ1v) is 12.4. The second-order valence-electron chi connectivity index (χ2n) is 9.06. The summed E-state index contributed by atoms with van der Waals surface area (Å²) in [6, 6.07) is 15.8. The Morgan fingerprint density at radius 1 is 1.00 bits per heavy atom. The molecule has 2 aliphatic rings. The molecule has 2 aromatic carbocycles. The van der Waals surface area contributed by atoms with E-state index >= 15 is 0 Å². The SMILES string of the molecule is N#CC(C(=O)c1ccc(N2CCCCC2)c([N+](=O)[O-])c1)c1nnc(N2CCOCC2)n1-c1ccccc1. The summed E-state index contributed by atoms with van der Waals surface area (Å²) in [6.45, 7) is 3.73. The summed E-state index contributed by atoms with van der Waals surface area (Å²) in [5.74, 6) is -1.18. The fourth-order valence-corrected chi connectivity index (χ4v) is 4.89. The Morgan fingerprint density at radius 2 is 1.73 bits per heavy atom. The number of nitrogens with zero attached hydrogens (tertiary/aromatic N) is 7. The molecule has 0 spiro atoms. The van der Waals surface area contributed by atoms with Crippen molar-refractivity contribution in [2.24, 2.45) is 0 Å². The van der Waals surface area contributed by atoms with Gasteiger partial charge in [0.05, 0.1) is 29.9 Å². The predicted octanol–water partition coefficient (Wildman–Crippen LogP) is 3.49. The van der Waals surface area contributed by atoms with Gasteiger partial charge < -0.3 is 14.5 Å². The van der Waals surface area contributed by atoms with Gasteiger partial charge in [-0.25, -0.2) is 0 Å². The lowest BCUT2D eigenvalue weighted by Gasteiger charge is -2.28. The van der Waals surface area contributed by atoms with Gasteiger partial charge in [-0.3, -0.25) is 19.5 Å². The van der Waals surface area contributed by atoms with Crippen LogP contribution < -0.4 is 9.80 Å². The number of rotatable bonds is 7. The van der Waals surface area contributed by atoms with E-state index in [4.69, 9.17) is 4.74 Å². The van der Waals surface area contributed by atoms with Crippen LogP contribution in [0.25, 0.3) is 5.69 Å². The maximum absolute atomic E-state index is 13.6. The molecule has 0 N–H and O–H groups in total. The van der Waals surface area contributed by atoms with Crippen molar-refractivity contribution in [2.45, 2.75) is 25.2 Å². The molecule has 0 bridgehead atoms. The summed E-state index contributed by atoms with van der Waals surface area (Å²) in [7, 11) is 0. The number of hydrogen-bond donors (Lipinski definition) is 0. The Balaban J connectivity index is 1.54. The van der Waals surface area contributed by atoms with Crippen LogP contribution in [0, 0.1) is 21.4 Å². The fraction of sp³-hybridized carbons (Fsp3) is 0.385. The van der Waals surface area contributed by atoms with Crippen LogP contribution >= 0.6 is 0 Å². The van der Waals surface area contributed by atoms with Gasteiger partial charge in [-0.05, 0) is 43.5 Å². The summed E-state index contributed by atoms with van der Waals surface area (Å²) < 4.78 is 7.17. The highest BCUT2D eigenvalue weighted by atomic mass is 16.6. The molecule has 11 nitrogen and oxygen atoms in total. The average molecular weight is 502 g/mol. The highest BCUT2D eigenvalue weighted by Gasteiger charge is 2.33. The number of ether oxygens (including phenoxy) is 1. The van der Waals surface area contributed by atoms with Crippen LogP contribution in [-0.4, -0.2) is 64.9 Å². The van der Waals surface area contributed by atoms with Gasteiger partial charge in [-0.15, -0.1) is 10.2 Å². The Bertz CT molecular complexity index is 1320. The molecule has 37 heavy (non-hydrogen) atoms. The number of nitro groups is 1. The maximum atomic E-state index is 13.6. The van der Waals surface area contributed by atoms with E-state index in [0.717, 1.165) is 32.4 Å².